The van der Waals surface area contributed by atoms with Crippen molar-refractivity contribution in [3.8, 4) is 0 Å². The molecule has 0 saturated heterocycles. The van der Waals surface area contributed by atoms with E-state index in [0.717, 1.165) is 26.1 Å². The van der Waals surface area contributed by atoms with Gasteiger partial charge in [-0.05, 0) is 26.7 Å². The number of unbranched alkanes of at least 4 members (excludes halogenated alkanes) is 1. The quantitative estimate of drug-likeness (QED) is 0.553. The van der Waals surface area contributed by atoms with Crippen LogP contribution in [0, 0.1) is 0 Å². The van der Waals surface area contributed by atoms with Gasteiger partial charge in [-0.3, -0.25) is 0 Å². The first-order valence-electron chi connectivity index (χ1n) is 6.47. The topological polar surface area (TPSA) is 18.5 Å². The van der Waals surface area contributed by atoms with E-state index in [-0.39, 0.29) is 0 Å². The van der Waals surface area contributed by atoms with Crippen molar-refractivity contribution in [3.63, 3.8) is 0 Å². The Kier molecular flexibility index (Phi) is 10.4. The number of hydrogen-bond donors (Lipinski definition) is 0. The van der Waals surface area contributed by atoms with Gasteiger partial charge in [0, 0.05) is 6.61 Å². The maximum atomic E-state index is 5.77. The zero-order valence-electron chi connectivity index (χ0n) is 10.9. The molecule has 0 radical (unpaired) electrons. The molecule has 0 aromatic carbocycles. The van der Waals surface area contributed by atoms with Crippen LogP contribution in [0.3, 0.4) is 0 Å². The molecule has 0 saturated carbocycles. The van der Waals surface area contributed by atoms with Crippen LogP contribution < -0.4 is 0 Å². The fourth-order valence-corrected chi connectivity index (χ4v) is 1.64. The SMILES string of the molecule is CCCCC(COC(C)CCC)OCC. The van der Waals surface area contributed by atoms with Crippen LogP contribution in [0.15, 0.2) is 0 Å². The zero-order chi connectivity index (χ0) is 11.5. The highest BCUT2D eigenvalue weighted by Gasteiger charge is 2.10. The summed E-state index contributed by atoms with van der Waals surface area (Å²) < 4.78 is 11.4. The molecule has 2 nitrogen and oxygen atoms in total. The molecule has 92 valence electrons. The van der Waals surface area contributed by atoms with Crippen molar-refractivity contribution in [1.29, 1.82) is 0 Å². The molecule has 0 aliphatic carbocycles. The molecule has 0 spiro atoms. The standard InChI is InChI=1S/C13H28O2/c1-5-8-10-13(14-7-3)11-15-12(4)9-6-2/h12-13H,5-11H2,1-4H3. The predicted molar refractivity (Wildman–Crippen MR) is 65.3 cm³/mol. The number of hydrogen-bond acceptors (Lipinski definition) is 2. The first-order valence-corrected chi connectivity index (χ1v) is 6.47. The Hall–Kier alpha value is -0.0800. The van der Waals surface area contributed by atoms with E-state index in [4.69, 9.17) is 9.47 Å². The van der Waals surface area contributed by atoms with E-state index in [9.17, 15) is 0 Å². The molecule has 0 N–H and O–H groups in total. The minimum absolute atomic E-state index is 0.300. The van der Waals surface area contributed by atoms with Crippen molar-refractivity contribution in [2.24, 2.45) is 0 Å². The van der Waals surface area contributed by atoms with Crippen LogP contribution in [0.25, 0.3) is 0 Å². The summed E-state index contributed by atoms with van der Waals surface area (Å²) in [5.41, 5.74) is 0. The van der Waals surface area contributed by atoms with Gasteiger partial charge in [-0.2, -0.15) is 0 Å². The molecule has 2 heteroatoms. The minimum atomic E-state index is 0.300. The van der Waals surface area contributed by atoms with Gasteiger partial charge in [0.1, 0.15) is 0 Å². The average Bonchev–Trinajstić information content (AvgIpc) is 2.22. The number of rotatable bonds is 10. The molecule has 0 bridgehead atoms. The third-order valence-electron chi connectivity index (χ3n) is 2.54. The van der Waals surface area contributed by atoms with E-state index in [1.54, 1.807) is 0 Å². The Morgan fingerprint density at radius 1 is 0.933 bits per heavy atom. The van der Waals surface area contributed by atoms with Crippen LogP contribution in [0.4, 0.5) is 0 Å². The second kappa shape index (κ2) is 10.4. The summed E-state index contributed by atoms with van der Waals surface area (Å²) in [6.07, 6.45) is 6.60. The zero-order valence-corrected chi connectivity index (χ0v) is 10.9. The van der Waals surface area contributed by atoms with Crippen molar-refractivity contribution in [2.75, 3.05) is 13.2 Å². The maximum absolute atomic E-state index is 5.77. The summed E-state index contributed by atoms with van der Waals surface area (Å²) in [4.78, 5) is 0. The Morgan fingerprint density at radius 3 is 2.20 bits per heavy atom. The van der Waals surface area contributed by atoms with E-state index < -0.39 is 0 Å². The third-order valence-corrected chi connectivity index (χ3v) is 2.54. The Morgan fingerprint density at radius 2 is 1.67 bits per heavy atom. The fraction of sp³-hybridized carbons (Fsp3) is 1.00. The second-order valence-electron chi connectivity index (χ2n) is 4.15. The van der Waals surface area contributed by atoms with Crippen LogP contribution in [-0.4, -0.2) is 25.4 Å². The lowest BCUT2D eigenvalue weighted by Gasteiger charge is -2.19. The van der Waals surface area contributed by atoms with E-state index in [1.807, 2.05) is 0 Å². The lowest BCUT2D eigenvalue weighted by atomic mass is 10.1. The Balaban J connectivity index is 3.63. The van der Waals surface area contributed by atoms with E-state index in [2.05, 4.69) is 27.7 Å². The highest BCUT2D eigenvalue weighted by molar-refractivity contribution is 4.58. The van der Waals surface area contributed by atoms with Crippen LogP contribution in [0.2, 0.25) is 0 Å². The molecule has 0 aliphatic heterocycles. The molecule has 0 amide bonds. The molecular formula is C13H28O2. The maximum Gasteiger partial charge on any atom is 0.0808 e. The van der Waals surface area contributed by atoms with Crippen LogP contribution in [-0.2, 0) is 9.47 Å². The van der Waals surface area contributed by atoms with Crippen LogP contribution in [0.5, 0.6) is 0 Å². The largest absolute Gasteiger partial charge is 0.376 e. The van der Waals surface area contributed by atoms with E-state index >= 15 is 0 Å². The van der Waals surface area contributed by atoms with Gasteiger partial charge < -0.3 is 9.47 Å². The second-order valence-corrected chi connectivity index (χ2v) is 4.15. The van der Waals surface area contributed by atoms with Gasteiger partial charge in [0.15, 0.2) is 0 Å². The van der Waals surface area contributed by atoms with Crippen LogP contribution >= 0.6 is 0 Å². The lowest BCUT2D eigenvalue weighted by molar-refractivity contribution is -0.0416. The average molecular weight is 216 g/mol. The first-order chi connectivity index (χ1) is 7.24. The van der Waals surface area contributed by atoms with Crippen molar-refractivity contribution in [1.82, 2.24) is 0 Å². The third kappa shape index (κ3) is 8.88. The van der Waals surface area contributed by atoms with Gasteiger partial charge in [-0.15, -0.1) is 0 Å². The summed E-state index contributed by atoms with van der Waals surface area (Å²) >= 11 is 0. The predicted octanol–water partition coefficient (Wildman–Crippen LogP) is 3.79. The molecular weight excluding hydrogens is 188 g/mol. The number of ether oxygens (including phenoxy) is 2. The molecule has 0 rings (SSSR count). The van der Waals surface area contributed by atoms with Crippen molar-refractivity contribution < 1.29 is 9.47 Å². The van der Waals surface area contributed by atoms with E-state index in [1.165, 1.54) is 19.3 Å². The van der Waals surface area contributed by atoms with Gasteiger partial charge in [0.2, 0.25) is 0 Å². The normalized spacial score (nSPS) is 15.2. The minimum Gasteiger partial charge on any atom is -0.376 e. The Bertz CT molecular complexity index is 126. The van der Waals surface area contributed by atoms with Gasteiger partial charge >= 0.3 is 0 Å². The Labute approximate surface area is 95.3 Å². The van der Waals surface area contributed by atoms with Gasteiger partial charge in [-0.1, -0.05) is 33.1 Å². The van der Waals surface area contributed by atoms with Gasteiger partial charge in [0.05, 0.1) is 18.8 Å². The highest BCUT2D eigenvalue weighted by atomic mass is 16.5. The summed E-state index contributed by atoms with van der Waals surface area (Å²) in [5, 5.41) is 0. The lowest BCUT2D eigenvalue weighted by Crippen LogP contribution is -2.23. The summed E-state index contributed by atoms with van der Waals surface area (Å²) in [5.74, 6) is 0. The van der Waals surface area contributed by atoms with E-state index in [0.29, 0.717) is 12.2 Å². The smallest absolute Gasteiger partial charge is 0.0808 e. The molecule has 0 heterocycles. The monoisotopic (exact) mass is 216 g/mol. The van der Waals surface area contributed by atoms with Gasteiger partial charge in [-0.25, -0.2) is 0 Å². The highest BCUT2D eigenvalue weighted by Crippen LogP contribution is 2.08. The molecule has 2 atom stereocenters. The molecule has 0 aromatic heterocycles. The molecule has 0 aliphatic rings. The molecule has 0 aromatic rings. The van der Waals surface area contributed by atoms with Crippen molar-refractivity contribution in [2.45, 2.75) is 72.0 Å². The van der Waals surface area contributed by atoms with Crippen molar-refractivity contribution >= 4 is 0 Å². The molecule has 0 fully saturated rings. The summed E-state index contributed by atoms with van der Waals surface area (Å²) in [7, 11) is 0. The summed E-state index contributed by atoms with van der Waals surface area (Å²) in [6.45, 7) is 10.1. The molecule has 2 unspecified atom stereocenters. The summed E-state index contributed by atoms with van der Waals surface area (Å²) in [6, 6.07) is 0. The molecule has 15 heavy (non-hydrogen) atoms. The first kappa shape index (κ1) is 14.9. The van der Waals surface area contributed by atoms with Gasteiger partial charge in [0.25, 0.3) is 0 Å². The van der Waals surface area contributed by atoms with Crippen molar-refractivity contribution in [3.05, 3.63) is 0 Å². The fourth-order valence-electron chi connectivity index (χ4n) is 1.64. The van der Waals surface area contributed by atoms with Crippen LogP contribution in [0.1, 0.15) is 59.8 Å².